The standard InChI is InChI=1S/C19H16/c1-13-6-7-15-9-10-17-16-5-3-2-4-14(16)8-11-18(17)19(15)12-13/h2-5,8-12H,6-7H2,1H3. The van der Waals surface area contributed by atoms with Crippen LogP contribution in [0.15, 0.2) is 54.1 Å². The average Bonchev–Trinajstić information content (AvgIpc) is 2.46. The molecule has 0 radical (unpaired) electrons. The zero-order valence-corrected chi connectivity index (χ0v) is 11.1. The van der Waals surface area contributed by atoms with E-state index in [0.717, 1.165) is 0 Å². The second-order valence-corrected chi connectivity index (χ2v) is 5.51. The molecule has 4 rings (SSSR count). The smallest absolute Gasteiger partial charge is 0.00992 e. The zero-order chi connectivity index (χ0) is 12.8. The molecule has 0 amide bonds. The molecule has 3 aromatic rings. The summed E-state index contributed by atoms with van der Waals surface area (Å²) in [6.45, 7) is 2.24. The van der Waals surface area contributed by atoms with Gasteiger partial charge in [-0.2, -0.15) is 0 Å². The molecular formula is C19H16. The van der Waals surface area contributed by atoms with Gasteiger partial charge in [0, 0.05) is 0 Å². The van der Waals surface area contributed by atoms with Crippen LogP contribution in [0.2, 0.25) is 0 Å². The number of benzene rings is 3. The molecule has 19 heavy (non-hydrogen) atoms. The van der Waals surface area contributed by atoms with Crippen LogP contribution in [-0.4, -0.2) is 0 Å². The molecule has 0 N–H and O–H groups in total. The first-order chi connectivity index (χ1) is 9.33. The third-order valence-electron chi connectivity index (χ3n) is 4.24. The Labute approximate surface area is 113 Å². The molecular weight excluding hydrogens is 228 g/mol. The van der Waals surface area contributed by atoms with E-state index in [4.69, 9.17) is 0 Å². The number of rotatable bonds is 0. The fraction of sp³-hybridized carbons (Fsp3) is 0.158. The van der Waals surface area contributed by atoms with Gasteiger partial charge in [0.25, 0.3) is 0 Å². The van der Waals surface area contributed by atoms with Crippen molar-refractivity contribution >= 4 is 27.6 Å². The van der Waals surface area contributed by atoms with Gasteiger partial charge in [-0.3, -0.25) is 0 Å². The van der Waals surface area contributed by atoms with E-state index >= 15 is 0 Å². The average molecular weight is 244 g/mol. The van der Waals surface area contributed by atoms with E-state index in [9.17, 15) is 0 Å². The predicted molar refractivity (Wildman–Crippen MR) is 83.4 cm³/mol. The quantitative estimate of drug-likeness (QED) is 0.468. The SMILES string of the molecule is CC1=Cc2c(ccc3c2ccc2ccccc23)CC1. The molecule has 0 heterocycles. The Morgan fingerprint density at radius 1 is 0.737 bits per heavy atom. The van der Waals surface area contributed by atoms with Crippen LogP contribution in [-0.2, 0) is 6.42 Å². The summed E-state index contributed by atoms with van der Waals surface area (Å²) in [7, 11) is 0. The number of hydrogen-bond acceptors (Lipinski definition) is 0. The largest absolute Gasteiger partial charge is 0.0724 e. The maximum atomic E-state index is 2.37. The summed E-state index contributed by atoms with van der Waals surface area (Å²) in [5.41, 5.74) is 4.42. The summed E-state index contributed by atoms with van der Waals surface area (Å²) in [4.78, 5) is 0. The molecule has 0 heteroatoms. The van der Waals surface area contributed by atoms with E-state index in [1.165, 1.54) is 51.1 Å². The third kappa shape index (κ3) is 1.60. The second-order valence-electron chi connectivity index (χ2n) is 5.51. The van der Waals surface area contributed by atoms with Crippen LogP contribution in [0.1, 0.15) is 24.5 Å². The van der Waals surface area contributed by atoms with Crippen LogP contribution < -0.4 is 0 Å². The monoisotopic (exact) mass is 244 g/mol. The van der Waals surface area contributed by atoms with Crippen molar-refractivity contribution in [2.24, 2.45) is 0 Å². The van der Waals surface area contributed by atoms with E-state index < -0.39 is 0 Å². The Balaban J connectivity index is 2.17. The minimum Gasteiger partial charge on any atom is -0.0724 e. The van der Waals surface area contributed by atoms with E-state index in [1.807, 2.05) is 0 Å². The van der Waals surface area contributed by atoms with Gasteiger partial charge in [-0.25, -0.2) is 0 Å². The van der Waals surface area contributed by atoms with Crippen LogP contribution in [0.5, 0.6) is 0 Å². The highest BCUT2D eigenvalue weighted by Gasteiger charge is 2.12. The van der Waals surface area contributed by atoms with E-state index in [-0.39, 0.29) is 0 Å². The normalized spacial score (nSPS) is 14.5. The summed E-state index contributed by atoms with van der Waals surface area (Å²) in [6, 6.07) is 17.8. The third-order valence-corrected chi connectivity index (χ3v) is 4.24. The van der Waals surface area contributed by atoms with E-state index in [0.29, 0.717) is 0 Å². The highest BCUT2D eigenvalue weighted by atomic mass is 14.2. The molecule has 0 saturated carbocycles. The molecule has 0 unspecified atom stereocenters. The van der Waals surface area contributed by atoms with E-state index in [1.54, 1.807) is 0 Å². The summed E-state index contributed by atoms with van der Waals surface area (Å²) in [5, 5.41) is 5.46. The Kier molecular flexibility index (Phi) is 2.25. The Morgan fingerprint density at radius 2 is 1.58 bits per heavy atom. The fourth-order valence-corrected chi connectivity index (χ4v) is 3.20. The van der Waals surface area contributed by atoms with E-state index in [2.05, 4.69) is 61.5 Å². The van der Waals surface area contributed by atoms with Gasteiger partial charge in [0.05, 0.1) is 0 Å². The maximum absolute atomic E-state index is 2.37. The van der Waals surface area contributed by atoms with Gasteiger partial charge >= 0.3 is 0 Å². The minimum atomic E-state index is 1.18. The van der Waals surface area contributed by atoms with Gasteiger partial charge in [0.1, 0.15) is 0 Å². The van der Waals surface area contributed by atoms with Gasteiger partial charge in [-0.05, 0) is 52.4 Å². The highest BCUT2D eigenvalue weighted by molar-refractivity contribution is 6.10. The summed E-state index contributed by atoms with van der Waals surface area (Å²) in [5.74, 6) is 0. The van der Waals surface area contributed by atoms with Crippen molar-refractivity contribution in [3.8, 4) is 0 Å². The summed E-state index contributed by atoms with van der Waals surface area (Å²) < 4.78 is 0. The Hall–Kier alpha value is -2.08. The van der Waals surface area contributed by atoms with Crippen molar-refractivity contribution in [2.75, 3.05) is 0 Å². The minimum absolute atomic E-state index is 1.18. The van der Waals surface area contributed by atoms with Crippen LogP contribution in [0.25, 0.3) is 27.6 Å². The number of hydrogen-bond donors (Lipinski definition) is 0. The molecule has 0 nitrogen and oxygen atoms in total. The number of aryl methyl sites for hydroxylation is 1. The second kappa shape index (κ2) is 3.96. The van der Waals surface area contributed by atoms with Crippen LogP contribution in [0.3, 0.4) is 0 Å². The molecule has 3 aromatic carbocycles. The Morgan fingerprint density at radius 3 is 2.53 bits per heavy atom. The molecule has 0 atom stereocenters. The maximum Gasteiger partial charge on any atom is -0.00992 e. The molecule has 0 aromatic heterocycles. The molecule has 1 aliphatic rings. The van der Waals surface area contributed by atoms with Crippen molar-refractivity contribution < 1.29 is 0 Å². The summed E-state index contributed by atoms with van der Waals surface area (Å²) >= 11 is 0. The molecule has 92 valence electrons. The van der Waals surface area contributed by atoms with Crippen molar-refractivity contribution in [1.82, 2.24) is 0 Å². The lowest BCUT2D eigenvalue weighted by Gasteiger charge is -2.17. The van der Waals surface area contributed by atoms with Crippen molar-refractivity contribution in [2.45, 2.75) is 19.8 Å². The van der Waals surface area contributed by atoms with Gasteiger partial charge in [0.2, 0.25) is 0 Å². The number of fused-ring (bicyclic) bond motifs is 5. The lowest BCUT2D eigenvalue weighted by molar-refractivity contribution is 0.931. The predicted octanol–water partition coefficient (Wildman–Crippen LogP) is 5.34. The van der Waals surface area contributed by atoms with Crippen molar-refractivity contribution in [3.05, 3.63) is 65.2 Å². The lowest BCUT2D eigenvalue weighted by Crippen LogP contribution is -1.98. The molecule has 0 bridgehead atoms. The fourth-order valence-electron chi connectivity index (χ4n) is 3.20. The first kappa shape index (κ1) is 10.8. The van der Waals surface area contributed by atoms with Crippen molar-refractivity contribution in [1.29, 1.82) is 0 Å². The van der Waals surface area contributed by atoms with Gasteiger partial charge < -0.3 is 0 Å². The zero-order valence-electron chi connectivity index (χ0n) is 11.1. The van der Waals surface area contributed by atoms with Crippen LogP contribution in [0.4, 0.5) is 0 Å². The van der Waals surface area contributed by atoms with Crippen LogP contribution in [0, 0.1) is 0 Å². The summed E-state index contributed by atoms with van der Waals surface area (Å²) in [6.07, 6.45) is 4.75. The highest BCUT2D eigenvalue weighted by Crippen LogP contribution is 2.33. The Bertz CT molecular complexity index is 822. The lowest BCUT2D eigenvalue weighted by atomic mass is 9.88. The topological polar surface area (TPSA) is 0 Å². The van der Waals surface area contributed by atoms with Gasteiger partial charge in [0.15, 0.2) is 0 Å². The van der Waals surface area contributed by atoms with Gasteiger partial charge in [-0.15, -0.1) is 0 Å². The molecule has 0 saturated heterocycles. The molecule has 0 spiro atoms. The first-order valence-electron chi connectivity index (χ1n) is 6.93. The van der Waals surface area contributed by atoms with Crippen LogP contribution >= 0.6 is 0 Å². The van der Waals surface area contributed by atoms with Crippen molar-refractivity contribution in [3.63, 3.8) is 0 Å². The molecule has 1 aliphatic carbocycles. The number of allylic oxidation sites excluding steroid dienone is 1. The molecule has 0 aliphatic heterocycles. The first-order valence-corrected chi connectivity index (χ1v) is 6.93. The molecule has 0 fully saturated rings. The van der Waals surface area contributed by atoms with Gasteiger partial charge in [-0.1, -0.05) is 60.2 Å².